The number of sulfonamides is 1. The Morgan fingerprint density at radius 2 is 2.05 bits per heavy atom. The van der Waals surface area contributed by atoms with Gasteiger partial charge in [-0.3, -0.25) is 4.72 Å². The quantitative estimate of drug-likeness (QED) is 0.893. The van der Waals surface area contributed by atoms with Crippen molar-refractivity contribution in [2.75, 3.05) is 11.8 Å². The van der Waals surface area contributed by atoms with E-state index in [9.17, 15) is 13.5 Å². The Morgan fingerprint density at radius 1 is 1.35 bits per heavy atom. The lowest BCUT2D eigenvalue weighted by Gasteiger charge is -2.27. The van der Waals surface area contributed by atoms with Gasteiger partial charge >= 0.3 is 0 Å². The number of benzene rings is 1. The molecular formula is C13H18ClNO4S. The molecule has 1 aromatic carbocycles. The van der Waals surface area contributed by atoms with Gasteiger partial charge in [-0.25, -0.2) is 8.42 Å². The normalized spacial score (nSPS) is 23.4. The van der Waals surface area contributed by atoms with Gasteiger partial charge in [-0.1, -0.05) is 24.4 Å². The van der Waals surface area contributed by atoms with E-state index in [4.69, 9.17) is 16.3 Å². The van der Waals surface area contributed by atoms with Crippen molar-refractivity contribution in [3.05, 3.63) is 23.2 Å². The van der Waals surface area contributed by atoms with E-state index in [1.807, 2.05) is 0 Å². The number of aliphatic hydroxyl groups excluding tert-OH is 1. The van der Waals surface area contributed by atoms with Gasteiger partial charge in [0.15, 0.2) is 0 Å². The second-order valence-electron chi connectivity index (χ2n) is 4.88. The number of halogens is 1. The van der Waals surface area contributed by atoms with Crippen molar-refractivity contribution in [1.82, 2.24) is 0 Å². The zero-order valence-corrected chi connectivity index (χ0v) is 12.7. The van der Waals surface area contributed by atoms with E-state index in [1.54, 1.807) is 12.1 Å². The summed E-state index contributed by atoms with van der Waals surface area (Å²) in [5.41, 5.74) is 0.297. The van der Waals surface area contributed by atoms with E-state index in [0.29, 0.717) is 24.3 Å². The molecule has 1 aliphatic rings. The Balaban J connectivity index is 2.19. The van der Waals surface area contributed by atoms with Gasteiger partial charge in [0.05, 0.1) is 23.9 Å². The van der Waals surface area contributed by atoms with E-state index in [-0.39, 0.29) is 5.02 Å². The Kier molecular flexibility index (Phi) is 4.78. The van der Waals surface area contributed by atoms with Crippen LogP contribution in [-0.2, 0) is 10.0 Å². The summed E-state index contributed by atoms with van der Waals surface area (Å²) < 4.78 is 32.1. The van der Waals surface area contributed by atoms with Gasteiger partial charge in [-0.2, -0.15) is 0 Å². The molecule has 0 amide bonds. The Morgan fingerprint density at radius 3 is 2.65 bits per heavy atom. The molecule has 112 valence electrons. The first-order valence-corrected chi connectivity index (χ1v) is 8.39. The monoisotopic (exact) mass is 319 g/mol. The topological polar surface area (TPSA) is 75.6 Å². The first-order valence-electron chi connectivity index (χ1n) is 6.47. The summed E-state index contributed by atoms with van der Waals surface area (Å²) in [6, 6.07) is 4.71. The predicted molar refractivity (Wildman–Crippen MR) is 78.8 cm³/mol. The van der Waals surface area contributed by atoms with Crippen LogP contribution in [0, 0.1) is 0 Å². The van der Waals surface area contributed by atoms with Crippen LogP contribution in [0.4, 0.5) is 5.69 Å². The first kappa shape index (κ1) is 15.4. The summed E-state index contributed by atoms with van der Waals surface area (Å²) in [5.74, 6) is 0.552. The second-order valence-corrected chi connectivity index (χ2v) is 7.19. The molecule has 2 atom stereocenters. The Labute approximate surface area is 124 Å². The van der Waals surface area contributed by atoms with E-state index in [0.717, 1.165) is 12.8 Å². The van der Waals surface area contributed by atoms with Crippen LogP contribution in [0.5, 0.6) is 5.75 Å². The molecule has 0 bridgehead atoms. The smallest absolute Gasteiger partial charge is 0.238 e. The highest BCUT2D eigenvalue weighted by atomic mass is 35.5. The maximum Gasteiger partial charge on any atom is 0.238 e. The molecule has 2 unspecified atom stereocenters. The fourth-order valence-electron chi connectivity index (χ4n) is 2.37. The molecule has 5 nitrogen and oxygen atoms in total. The van der Waals surface area contributed by atoms with Crippen LogP contribution in [0.1, 0.15) is 25.7 Å². The maximum atomic E-state index is 12.3. The van der Waals surface area contributed by atoms with Crippen LogP contribution in [-0.4, -0.2) is 32.0 Å². The highest BCUT2D eigenvalue weighted by Gasteiger charge is 2.34. The van der Waals surface area contributed by atoms with Crippen LogP contribution in [0.25, 0.3) is 0 Å². The number of anilines is 1. The fraction of sp³-hybridized carbons (Fsp3) is 0.538. The zero-order valence-electron chi connectivity index (χ0n) is 11.2. The summed E-state index contributed by atoms with van der Waals surface area (Å²) >= 11 is 6.02. The number of hydrogen-bond acceptors (Lipinski definition) is 4. The van der Waals surface area contributed by atoms with Crippen LogP contribution in [0.15, 0.2) is 18.2 Å². The van der Waals surface area contributed by atoms with E-state index in [1.165, 1.54) is 13.2 Å². The molecule has 0 aliphatic heterocycles. The molecule has 20 heavy (non-hydrogen) atoms. The van der Waals surface area contributed by atoms with Crippen molar-refractivity contribution in [1.29, 1.82) is 0 Å². The molecule has 1 aliphatic carbocycles. The van der Waals surface area contributed by atoms with Crippen LogP contribution in [0.2, 0.25) is 5.02 Å². The number of methoxy groups -OCH3 is 1. The minimum Gasteiger partial charge on any atom is -0.497 e. The molecule has 1 fully saturated rings. The maximum absolute atomic E-state index is 12.3. The van der Waals surface area contributed by atoms with Gasteiger partial charge in [0.25, 0.3) is 0 Å². The van der Waals surface area contributed by atoms with Gasteiger partial charge in [-0.15, -0.1) is 0 Å². The Hall–Kier alpha value is -0.980. The van der Waals surface area contributed by atoms with Crippen molar-refractivity contribution in [3.63, 3.8) is 0 Å². The SMILES string of the molecule is COc1ccc(NS(=O)(=O)C2CCCCC2O)c(Cl)c1. The highest BCUT2D eigenvalue weighted by molar-refractivity contribution is 7.93. The lowest BCUT2D eigenvalue weighted by molar-refractivity contribution is 0.133. The minimum atomic E-state index is -3.65. The molecule has 0 saturated heterocycles. The molecule has 7 heteroatoms. The fourth-order valence-corrected chi connectivity index (χ4v) is 4.31. The summed E-state index contributed by atoms with van der Waals surface area (Å²) in [4.78, 5) is 0. The van der Waals surface area contributed by atoms with Gasteiger partial charge in [0, 0.05) is 6.07 Å². The molecule has 0 heterocycles. The number of hydrogen-bond donors (Lipinski definition) is 2. The van der Waals surface area contributed by atoms with Crippen molar-refractivity contribution >= 4 is 27.3 Å². The van der Waals surface area contributed by atoms with E-state index < -0.39 is 21.4 Å². The van der Waals surface area contributed by atoms with Crippen LogP contribution >= 0.6 is 11.6 Å². The van der Waals surface area contributed by atoms with Gasteiger partial charge in [0.1, 0.15) is 11.0 Å². The third-order valence-corrected chi connectivity index (χ3v) is 5.66. The largest absolute Gasteiger partial charge is 0.497 e. The number of aliphatic hydroxyl groups is 1. The van der Waals surface area contributed by atoms with Gasteiger partial charge in [0.2, 0.25) is 10.0 Å². The second kappa shape index (κ2) is 6.20. The van der Waals surface area contributed by atoms with E-state index >= 15 is 0 Å². The van der Waals surface area contributed by atoms with E-state index in [2.05, 4.69) is 4.72 Å². The summed E-state index contributed by atoms with van der Waals surface area (Å²) in [6.45, 7) is 0. The molecule has 0 radical (unpaired) electrons. The molecule has 0 aromatic heterocycles. The van der Waals surface area contributed by atoms with Crippen molar-refractivity contribution in [3.8, 4) is 5.75 Å². The lowest BCUT2D eigenvalue weighted by Crippen LogP contribution is -2.40. The van der Waals surface area contributed by atoms with Crippen LogP contribution in [0.3, 0.4) is 0 Å². The number of nitrogens with one attached hydrogen (secondary N) is 1. The summed E-state index contributed by atoms with van der Waals surface area (Å²) in [6.07, 6.45) is 1.82. The molecule has 0 spiro atoms. The molecule has 1 saturated carbocycles. The average Bonchev–Trinajstić information content (AvgIpc) is 2.41. The summed E-state index contributed by atoms with van der Waals surface area (Å²) in [5, 5.41) is 9.34. The Bertz CT molecular complexity index is 576. The van der Waals surface area contributed by atoms with Crippen molar-refractivity contribution < 1.29 is 18.3 Å². The first-order chi connectivity index (χ1) is 9.44. The van der Waals surface area contributed by atoms with Crippen molar-refractivity contribution in [2.45, 2.75) is 37.0 Å². The third kappa shape index (κ3) is 3.37. The number of rotatable bonds is 4. The average molecular weight is 320 g/mol. The standard InChI is InChI=1S/C13H18ClNO4S/c1-19-9-6-7-11(10(14)8-9)15-20(17,18)13-5-3-2-4-12(13)16/h6-8,12-13,15-16H,2-5H2,1H3. The molecular weight excluding hydrogens is 302 g/mol. The summed E-state index contributed by atoms with van der Waals surface area (Å²) in [7, 11) is -2.15. The van der Waals surface area contributed by atoms with Gasteiger partial charge in [-0.05, 0) is 25.0 Å². The lowest BCUT2D eigenvalue weighted by atomic mass is 9.97. The zero-order chi connectivity index (χ0) is 14.8. The molecule has 1 aromatic rings. The van der Waals surface area contributed by atoms with Crippen molar-refractivity contribution in [2.24, 2.45) is 0 Å². The third-order valence-electron chi connectivity index (χ3n) is 3.49. The highest BCUT2D eigenvalue weighted by Crippen LogP contribution is 2.30. The van der Waals surface area contributed by atoms with Crippen LogP contribution < -0.4 is 9.46 Å². The van der Waals surface area contributed by atoms with Gasteiger partial charge < -0.3 is 9.84 Å². The minimum absolute atomic E-state index is 0.262. The predicted octanol–water partition coefficient (Wildman–Crippen LogP) is 2.39. The molecule has 2 N–H and O–H groups in total. The number of ether oxygens (including phenoxy) is 1. The molecule has 2 rings (SSSR count).